The summed E-state index contributed by atoms with van der Waals surface area (Å²) < 4.78 is 0. The van der Waals surface area contributed by atoms with Crippen molar-refractivity contribution in [2.24, 2.45) is 0 Å². The Labute approximate surface area is 120 Å². The van der Waals surface area contributed by atoms with Gasteiger partial charge in [0.1, 0.15) is 0 Å². The van der Waals surface area contributed by atoms with E-state index in [1.807, 2.05) is 49.3 Å². The van der Waals surface area contributed by atoms with Crippen molar-refractivity contribution in [3.8, 4) is 0 Å². The first-order chi connectivity index (χ1) is 9.49. The zero-order chi connectivity index (χ0) is 15.0. The van der Waals surface area contributed by atoms with Crippen molar-refractivity contribution in [2.45, 2.75) is 13.5 Å². The summed E-state index contributed by atoms with van der Waals surface area (Å²) in [6.07, 6.45) is 0. The molecule has 0 aliphatic rings. The molecule has 5 nitrogen and oxygen atoms in total. The molecule has 1 aromatic carbocycles. The van der Waals surface area contributed by atoms with Gasteiger partial charge in [-0.25, -0.2) is 0 Å². The van der Waals surface area contributed by atoms with Crippen molar-refractivity contribution in [2.75, 3.05) is 33.7 Å². The Morgan fingerprint density at radius 2 is 1.80 bits per heavy atom. The summed E-state index contributed by atoms with van der Waals surface area (Å²) in [6.45, 7) is 3.40. The van der Waals surface area contributed by atoms with Gasteiger partial charge < -0.3 is 15.1 Å². The summed E-state index contributed by atoms with van der Waals surface area (Å²) >= 11 is 0. The van der Waals surface area contributed by atoms with Crippen LogP contribution in [0.5, 0.6) is 0 Å². The second kappa shape index (κ2) is 8.32. The Balaban J connectivity index is 2.47. The van der Waals surface area contributed by atoms with Crippen LogP contribution in [0.3, 0.4) is 0 Å². The normalized spacial score (nSPS) is 10.4. The SMILES string of the molecule is CC(=O)N(CC(=O)NCCN(C)C)Cc1ccccc1. The molecule has 0 saturated heterocycles. The van der Waals surface area contributed by atoms with Crippen LogP contribution in [0.4, 0.5) is 0 Å². The maximum Gasteiger partial charge on any atom is 0.239 e. The molecule has 2 amide bonds. The van der Waals surface area contributed by atoms with Crippen LogP contribution in [0.2, 0.25) is 0 Å². The molecule has 5 heteroatoms. The van der Waals surface area contributed by atoms with Crippen molar-refractivity contribution in [1.29, 1.82) is 0 Å². The molecule has 0 bridgehead atoms. The number of amides is 2. The minimum Gasteiger partial charge on any atom is -0.353 e. The van der Waals surface area contributed by atoms with Gasteiger partial charge in [-0.3, -0.25) is 9.59 Å². The molecular formula is C15H23N3O2. The fourth-order valence-electron chi connectivity index (χ4n) is 1.73. The summed E-state index contributed by atoms with van der Waals surface area (Å²) in [5.74, 6) is -0.227. The van der Waals surface area contributed by atoms with Crippen LogP contribution in [0.1, 0.15) is 12.5 Å². The lowest BCUT2D eigenvalue weighted by Gasteiger charge is -2.21. The zero-order valence-electron chi connectivity index (χ0n) is 12.4. The van der Waals surface area contributed by atoms with Crippen LogP contribution in [-0.4, -0.2) is 55.3 Å². The Hall–Kier alpha value is -1.88. The Kier molecular flexibility index (Phi) is 6.73. The molecular weight excluding hydrogens is 254 g/mol. The largest absolute Gasteiger partial charge is 0.353 e. The molecule has 0 saturated carbocycles. The van der Waals surface area contributed by atoms with Gasteiger partial charge >= 0.3 is 0 Å². The summed E-state index contributed by atoms with van der Waals surface area (Å²) in [5.41, 5.74) is 1.02. The Bertz CT molecular complexity index is 432. The molecule has 0 aliphatic heterocycles. The second-order valence-corrected chi connectivity index (χ2v) is 5.01. The molecule has 0 atom stereocenters. The third-order valence-electron chi connectivity index (χ3n) is 2.88. The van der Waals surface area contributed by atoms with Gasteiger partial charge in [-0.15, -0.1) is 0 Å². The van der Waals surface area contributed by atoms with Gasteiger partial charge in [0, 0.05) is 26.6 Å². The second-order valence-electron chi connectivity index (χ2n) is 5.01. The van der Waals surface area contributed by atoms with E-state index in [1.165, 1.54) is 6.92 Å². The highest BCUT2D eigenvalue weighted by molar-refractivity contribution is 5.83. The average molecular weight is 277 g/mol. The summed E-state index contributed by atoms with van der Waals surface area (Å²) in [5, 5.41) is 2.81. The van der Waals surface area contributed by atoms with E-state index < -0.39 is 0 Å². The highest BCUT2D eigenvalue weighted by atomic mass is 16.2. The molecule has 0 aromatic heterocycles. The lowest BCUT2D eigenvalue weighted by Crippen LogP contribution is -2.41. The van der Waals surface area contributed by atoms with Crippen LogP contribution in [0, 0.1) is 0 Å². The number of carbonyl (C=O) groups is 2. The van der Waals surface area contributed by atoms with Gasteiger partial charge in [-0.1, -0.05) is 30.3 Å². The van der Waals surface area contributed by atoms with Crippen molar-refractivity contribution in [1.82, 2.24) is 15.1 Å². The number of hydrogen-bond acceptors (Lipinski definition) is 3. The van der Waals surface area contributed by atoms with Crippen molar-refractivity contribution in [3.05, 3.63) is 35.9 Å². The van der Waals surface area contributed by atoms with E-state index in [2.05, 4.69) is 5.32 Å². The lowest BCUT2D eigenvalue weighted by atomic mass is 10.2. The van der Waals surface area contributed by atoms with E-state index in [0.717, 1.165) is 12.1 Å². The minimum atomic E-state index is -0.127. The van der Waals surface area contributed by atoms with E-state index in [4.69, 9.17) is 0 Å². The number of hydrogen-bond donors (Lipinski definition) is 1. The van der Waals surface area contributed by atoms with Gasteiger partial charge in [0.05, 0.1) is 6.54 Å². The van der Waals surface area contributed by atoms with Gasteiger partial charge in [0.25, 0.3) is 0 Å². The average Bonchev–Trinajstić information content (AvgIpc) is 2.38. The monoisotopic (exact) mass is 277 g/mol. The summed E-state index contributed by atoms with van der Waals surface area (Å²) in [7, 11) is 3.90. The first kappa shape index (κ1) is 16.2. The van der Waals surface area contributed by atoms with E-state index >= 15 is 0 Å². The van der Waals surface area contributed by atoms with Crippen molar-refractivity contribution < 1.29 is 9.59 Å². The van der Waals surface area contributed by atoms with Gasteiger partial charge in [0.15, 0.2) is 0 Å². The highest BCUT2D eigenvalue weighted by Gasteiger charge is 2.13. The number of nitrogens with one attached hydrogen (secondary N) is 1. The van der Waals surface area contributed by atoms with E-state index in [0.29, 0.717) is 13.1 Å². The molecule has 0 fully saturated rings. The standard InChI is InChI=1S/C15H23N3O2/c1-13(19)18(11-14-7-5-4-6-8-14)12-15(20)16-9-10-17(2)3/h4-8H,9-12H2,1-3H3,(H,16,20). The molecule has 0 heterocycles. The Morgan fingerprint density at radius 3 is 2.35 bits per heavy atom. The van der Waals surface area contributed by atoms with Crippen LogP contribution in [0.15, 0.2) is 30.3 Å². The van der Waals surface area contributed by atoms with E-state index in [1.54, 1.807) is 4.90 Å². The molecule has 1 N–H and O–H groups in total. The number of rotatable bonds is 7. The van der Waals surface area contributed by atoms with Crippen LogP contribution in [0.25, 0.3) is 0 Å². The molecule has 20 heavy (non-hydrogen) atoms. The molecule has 1 aromatic rings. The maximum absolute atomic E-state index is 11.8. The van der Waals surface area contributed by atoms with Gasteiger partial charge in [-0.05, 0) is 19.7 Å². The number of carbonyl (C=O) groups excluding carboxylic acids is 2. The zero-order valence-corrected chi connectivity index (χ0v) is 12.4. The van der Waals surface area contributed by atoms with Crippen molar-refractivity contribution in [3.63, 3.8) is 0 Å². The third kappa shape index (κ3) is 6.33. The van der Waals surface area contributed by atoms with Crippen LogP contribution in [-0.2, 0) is 16.1 Å². The fourth-order valence-corrected chi connectivity index (χ4v) is 1.73. The lowest BCUT2D eigenvalue weighted by molar-refractivity contribution is -0.134. The molecule has 0 aliphatic carbocycles. The molecule has 0 unspecified atom stereocenters. The number of likely N-dealkylation sites (N-methyl/N-ethyl adjacent to an activating group) is 1. The van der Waals surface area contributed by atoms with Crippen LogP contribution >= 0.6 is 0 Å². The van der Waals surface area contributed by atoms with Crippen LogP contribution < -0.4 is 5.32 Å². The first-order valence-electron chi connectivity index (χ1n) is 6.70. The third-order valence-corrected chi connectivity index (χ3v) is 2.88. The summed E-state index contributed by atoms with van der Waals surface area (Å²) in [4.78, 5) is 26.9. The fraction of sp³-hybridized carbons (Fsp3) is 0.467. The maximum atomic E-state index is 11.8. The minimum absolute atomic E-state index is 0.0949. The molecule has 1 rings (SSSR count). The first-order valence-corrected chi connectivity index (χ1v) is 6.70. The molecule has 110 valence electrons. The van der Waals surface area contributed by atoms with E-state index in [-0.39, 0.29) is 18.4 Å². The molecule has 0 radical (unpaired) electrons. The quantitative estimate of drug-likeness (QED) is 0.799. The highest BCUT2D eigenvalue weighted by Crippen LogP contribution is 2.04. The van der Waals surface area contributed by atoms with Gasteiger partial charge in [0.2, 0.25) is 11.8 Å². The predicted octanol–water partition coefficient (Wildman–Crippen LogP) is 0.713. The van der Waals surface area contributed by atoms with Gasteiger partial charge in [-0.2, -0.15) is 0 Å². The number of nitrogens with zero attached hydrogens (tertiary/aromatic N) is 2. The summed E-state index contributed by atoms with van der Waals surface area (Å²) in [6, 6.07) is 9.66. The van der Waals surface area contributed by atoms with E-state index in [9.17, 15) is 9.59 Å². The predicted molar refractivity (Wildman–Crippen MR) is 79.1 cm³/mol. The van der Waals surface area contributed by atoms with Crippen molar-refractivity contribution >= 4 is 11.8 Å². The number of benzene rings is 1. The Morgan fingerprint density at radius 1 is 1.15 bits per heavy atom. The topological polar surface area (TPSA) is 52.7 Å². The smallest absolute Gasteiger partial charge is 0.239 e. The molecule has 0 spiro atoms.